The molecule has 0 fully saturated rings. The number of methoxy groups -OCH3 is 2. The fourth-order valence-electron chi connectivity index (χ4n) is 2.54. The summed E-state index contributed by atoms with van der Waals surface area (Å²) in [6.07, 6.45) is 2.12. The highest BCUT2D eigenvalue weighted by Gasteiger charge is 2.11. The van der Waals surface area contributed by atoms with E-state index < -0.39 is 11.6 Å². The Bertz CT molecular complexity index is 935. The van der Waals surface area contributed by atoms with Gasteiger partial charge in [0.05, 0.1) is 20.4 Å². The number of ether oxygens (including phenoxy) is 2. The Morgan fingerprint density at radius 1 is 1.00 bits per heavy atom. The number of benzene rings is 2. The average molecular weight is 387 g/mol. The third-order valence-corrected chi connectivity index (χ3v) is 3.93. The van der Waals surface area contributed by atoms with Gasteiger partial charge in [0.15, 0.2) is 17.3 Å². The van der Waals surface area contributed by atoms with Crippen LogP contribution in [0.15, 0.2) is 42.6 Å². The van der Waals surface area contributed by atoms with E-state index in [1.807, 2.05) is 18.2 Å². The van der Waals surface area contributed by atoms with Gasteiger partial charge in [-0.15, -0.1) is 5.10 Å². The van der Waals surface area contributed by atoms with Crippen LogP contribution in [-0.2, 0) is 6.42 Å². The molecule has 2 aromatic carbocycles. The van der Waals surface area contributed by atoms with Gasteiger partial charge in [0.1, 0.15) is 17.3 Å². The Hall–Kier alpha value is -3.49. The van der Waals surface area contributed by atoms with Crippen LogP contribution in [0.4, 0.5) is 26.2 Å². The SMILES string of the molecule is COc1ccc(CCNc2cnnc(Nc3c(F)cccc3F)n2)cc1OC. The van der Waals surface area contributed by atoms with Crippen molar-refractivity contribution in [1.29, 1.82) is 0 Å². The summed E-state index contributed by atoms with van der Waals surface area (Å²) in [6.45, 7) is 0.557. The highest BCUT2D eigenvalue weighted by atomic mass is 19.1. The summed E-state index contributed by atoms with van der Waals surface area (Å²) in [6, 6.07) is 9.24. The van der Waals surface area contributed by atoms with Crippen LogP contribution in [0.1, 0.15) is 5.56 Å². The van der Waals surface area contributed by atoms with Crippen molar-refractivity contribution in [2.24, 2.45) is 0 Å². The second kappa shape index (κ2) is 8.94. The van der Waals surface area contributed by atoms with Gasteiger partial charge in [-0.05, 0) is 36.2 Å². The van der Waals surface area contributed by atoms with Crippen molar-refractivity contribution < 1.29 is 18.3 Å². The normalized spacial score (nSPS) is 10.4. The molecule has 1 aromatic heterocycles. The Balaban J connectivity index is 1.62. The van der Waals surface area contributed by atoms with Gasteiger partial charge in [-0.3, -0.25) is 0 Å². The molecule has 0 saturated heterocycles. The third-order valence-electron chi connectivity index (χ3n) is 3.93. The lowest BCUT2D eigenvalue weighted by Gasteiger charge is -2.11. The zero-order chi connectivity index (χ0) is 19.9. The van der Waals surface area contributed by atoms with E-state index in [9.17, 15) is 8.78 Å². The minimum absolute atomic E-state index is 0.0138. The molecule has 3 rings (SSSR count). The topological polar surface area (TPSA) is 81.2 Å². The van der Waals surface area contributed by atoms with Gasteiger partial charge in [0.25, 0.3) is 0 Å². The third kappa shape index (κ3) is 4.61. The number of aromatic nitrogens is 3. The first-order valence-electron chi connectivity index (χ1n) is 8.46. The molecule has 1 heterocycles. The molecule has 9 heteroatoms. The van der Waals surface area contributed by atoms with Gasteiger partial charge in [-0.1, -0.05) is 12.1 Å². The Morgan fingerprint density at radius 3 is 2.46 bits per heavy atom. The summed E-state index contributed by atoms with van der Waals surface area (Å²) < 4.78 is 38.0. The summed E-state index contributed by atoms with van der Waals surface area (Å²) in [5, 5.41) is 13.2. The fourth-order valence-corrected chi connectivity index (χ4v) is 2.54. The van der Waals surface area contributed by atoms with Crippen LogP contribution >= 0.6 is 0 Å². The first-order chi connectivity index (χ1) is 13.6. The summed E-state index contributed by atoms with van der Waals surface area (Å²) in [5.41, 5.74) is 0.714. The molecule has 0 aliphatic heterocycles. The molecule has 7 nitrogen and oxygen atoms in total. The molecule has 0 atom stereocenters. The van der Waals surface area contributed by atoms with E-state index in [0.717, 1.165) is 17.7 Å². The summed E-state index contributed by atoms with van der Waals surface area (Å²) in [5.74, 6) is 0.248. The van der Waals surface area contributed by atoms with Crippen molar-refractivity contribution in [3.05, 3.63) is 59.8 Å². The maximum Gasteiger partial charge on any atom is 0.249 e. The molecule has 3 aromatic rings. The smallest absolute Gasteiger partial charge is 0.249 e. The number of hydrogen-bond acceptors (Lipinski definition) is 7. The Labute approximate surface area is 160 Å². The number of anilines is 3. The van der Waals surface area contributed by atoms with Crippen molar-refractivity contribution in [3.63, 3.8) is 0 Å². The van der Waals surface area contributed by atoms with E-state index in [1.54, 1.807) is 14.2 Å². The summed E-state index contributed by atoms with van der Waals surface area (Å²) in [7, 11) is 3.17. The van der Waals surface area contributed by atoms with E-state index >= 15 is 0 Å². The van der Waals surface area contributed by atoms with Gasteiger partial charge >= 0.3 is 0 Å². The van der Waals surface area contributed by atoms with Crippen molar-refractivity contribution in [3.8, 4) is 11.5 Å². The minimum atomic E-state index is -0.740. The molecule has 0 aliphatic rings. The quantitative estimate of drug-likeness (QED) is 0.612. The maximum atomic E-state index is 13.7. The second-order valence-electron chi connectivity index (χ2n) is 5.75. The first kappa shape index (κ1) is 19.3. The average Bonchev–Trinajstić information content (AvgIpc) is 2.71. The zero-order valence-corrected chi connectivity index (χ0v) is 15.4. The number of para-hydroxylation sites is 1. The van der Waals surface area contributed by atoms with Crippen LogP contribution in [0.2, 0.25) is 0 Å². The van der Waals surface area contributed by atoms with Gasteiger partial charge in [0, 0.05) is 6.54 Å². The monoisotopic (exact) mass is 387 g/mol. The molecule has 0 spiro atoms. The summed E-state index contributed by atoms with van der Waals surface area (Å²) in [4.78, 5) is 4.17. The van der Waals surface area contributed by atoms with E-state index in [0.29, 0.717) is 30.3 Å². The van der Waals surface area contributed by atoms with E-state index in [1.165, 1.54) is 12.3 Å². The van der Waals surface area contributed by atoms with E-state index in [4.69, 9.17) is 9.47 Å². The van der Waals surface area contributed by atoms with Gasteiger partial charge in [-0.2, -0.15) is 10.1 Å². The molecule has 0 aliphatic carbocycles. The molecule has 28 heavy (non-hydrogen) atoms. The standard InChI is InChI=1S/C19H19F2N5O2/c1-27-15-7-6-12(10-16(15)28-2)8-9-22-17-11-23-26-19(24-17)25-18-13(20)4-3-5-14(18)21/h3-7,10-11H,8-9H2,1-2H3,(H2,22,24,25,26). The van der Waals surface area contributed by atoms with Crippen LogP contribution in [0.3, 0.4) is 0 Å². The molecule has 0 unspecified atom stereocenters. The van der Waals surface area contributed by atoms with Crippen LogP contribution in [0.5, 0.6) is 11.5 Å². The number of halogens is 2. The molecule has 146 valence electrons. The molecule has 0 radical (unpaired) electrons. The lowest BCUT2D eigenvalue weighted by Crippen LogP contribution is -2.09. The fraction of sp³-hybridized carbons (Fsp3) is 0.211. The van der Waals surface area contributed by atoms with Crippen molar-refractivity contribution in [1.82, 2.24) is 15.2 Å². The van der Waals surface area contributed by atoms with Crippen molar-refractivity contribution in [2.75, 3.05) is 31.4 Å². The summed E-state index contributed by atoms with van der Waals surface area (Å²) >= 11 is 0. The number of rotatable bonds is 8. The largest absolute Gasteiger partial charge is 0.493 e. The van der Waals surface area contributed by atoms with Crippen molar-refractivity contribution in [2.45, 2.75) is 6.42 Å². The number of nitrogens with zero attached hydrogens (tertiary/aromatic N) is 3. The van der Waals surface area contributed by atoms with Gasteiger partial charge in [0.2, 0.25) is 5.95 Å². The molecule has 0 saturated carbocycles. The molecular formula is C19H19F2N5O2. The zero-order valence-electron chi connectivity index (χ0n) is 15.4. The highest BCUT2D eigenvalue weighted by Crippen LogP contribution is 2.27. The predicted octanol–water partition coefficient (Wildman–Crippen LogP) is 3.57. The number of nitrogens with one attached hydrogen (secondary N) is 2. The maximum absolute atomic E-state index is 13.7. The molecular weight excluding hydrogens is 368 g/mol. The van der Waals surface area contributed by atoms with Crippen LogP contribution < -0.4 is 20.1 Å². The lowest BCUT2D eigenvalue weighted by atomic mass is 10.1. The Kier molecular flexibility index (Phi) is 6.15. The van der Waals surface area contributed by atoms with E-state index in [-0.39, 0.29) is 11.6 Å². The first-order valence-corrected chi connectivity index (χ1v) is 8.46. The lowest BCUT2D eigenvalue weighted by molar-refractivity contribution is 0.354. The van der Waals surface area contributed by atoms with Crippen LogP contribution in [-0.4, -0.2) is 35.9 Å². The van der Waals surface area contributed by atoms with E-state index in [2.05, 4.69) is 25.8 Å². The van der Waals surface area contributed by atoms with Crippen LogP contribution in [0, 0.1) is 11.6 Å². The van der Waals surface area contributed by atoms with Crippen LogP contribution in [0.25, 0.3) is 0 Å². The number of hydrogen-bond donors (Lipinski definition) is 2. The predicted molar refractivity (Wildman–Crippen MR) is 101 cm³/mol. The highest BCUT2D eigenvalue weighted by molar-refractivity contribution is 5.55. The van der Waals surface area contributed by atoms with Crippen molar-refractivity contribution >= 4 is 17.5 Å². The second-order valence-corrected chi connectivity index (χ2v) is 5.75. The minimum Gasteiger partial charge on any atom is -0.493 e. The molecule has 0 amide bonds. The van der Waals surface area contributed by atoms with Gasteiger partial charge < -0.3 is 20.1 Å². The molecule has 0 bridgehead atoms. The van der Waals surface area contributed by atoms with Gasteiger partial charge in [-0.25, -0.2) is 8.78 Å². The Morgan fingerprint density at radius 2 is 1.75 bits per heavy atom. The molecule has 2 N–H and O–H groups in total.